The van der Waals surface area contributed by atoms with Crippen molar-refractivity contribution in [3.63, 3.8) is 0 Å². The fourth-order valence-corrected chi connectivity index (χ4v) is 3.33. The lowest BCUT2D eigenvalue weighted by atomic mass is 9.70. The number of amides is 1. The molecule has 1 heterocycles. The van der Waals surface area contributed by atoms with Gasteiger partial charge in [-0.1, -0.05) is 25.3 Å². The molecule has 0 bridgehead atoms. The number of carbonyl (C=O) groups is 2. The van der Waals surface area contributed by atoms with Crippen molar-refractivity contribution in [2.75, 3.05) is 12.4 Å². The Morgan fingerprint density at radius 1 is 1.26 bits per heavy atom. The molecular formula is C15H17NO3. The number of rotatable bonds is 1. The molecule has 1 saturated carbocycles. The first-order chi connectivity index (χ1) is 9.17. The van der Waals surface area contributed by atoms with Crippen LogP contribution in [0.4, 0.5) is 5.69 Å². The number of carbonyl (C=O) groups excluding carboxylic acids is 2. The largest absolute Gasteiger partial charge is 0.465 e. The van der Waals surface area contributed by atoms with Crippen LogP contribution in [0.3, 0.4) is 0 Å². The van der Waals surface area contributed by atoms with Gasteiger partial charge in [0.05, 0.1) is 18.1 Å². The minimum absolute atomic E-state index is 0.0872. The van der Waals surface area contributed by atoms with Gasteiger partial charge in [0.2, 0.25) is 5.91 Å². The van der Waals surface area contributed by atoms with Crippen LogP contribution in [0.25, 0.3) is 0 Å². The van der Waals surface area contributed by atoms with E-state index in [1.807, 2.05) is 6.07 Å². The molecule has 3 rings (SSSR count). The number of hydrogen-bond acceptors (Lipinski definition) is 3. The summed E-state index contributed by atoms with van der Waals surface area (Å²) in [6, 6.07) is 5.38. The monoisotopic (exact) mass is 259 g/mol. The minimum atomic E-state index is -0.373. The molecule has 1 N–H and O–H groups in total. The lowest BCUT2D eigenvalue weighted by Gasteiger charge is -2.31. The zero-order valence-corrected chi connectivity index (χ0v) is 11.0. The number of methoxy groups -OCH3 is 1. The van der Waals surface area contributed by atoms with E-state index in [0.717, 1.165) is 36.9 Å². The van der Waals surface area contributed by atoms with Crippen LogP contribution >= 0.6 is 0 Å². The fourth-order valence-electron chi connectivity index (χ4n) is 3.33. The number of nitrogens with one attached hydrogen (secondary N) is 1. The number of hydrogen-bond donors (Lipinski definition) is 1. The SMILES string of the molecule is COC(=O)c1ccc2c(c1)NC(=O)C21CCCCC1. The van der Waals surface area contributed by atoms with E-state index < -0.39 is 0 Å². The summed E-state index contributed by atoms with van der Waals surface area (Å²) in [6.45, 7) is 0. The van der Waals surface area contributed by atoms with E-state index in [1.165, 1.54) is 13.5 Å². The van der Waals surface area contributed by atoms with Crippen LogP contribution in [0, 0.1) is 0 Å². The van der Waals surface area contributed by atoms with Gasteiger partial charge in [0.1, 0.15) is 0 Å². The van der Waals surface area contributed by atoms with Crippen molar-refractivity contribution in [3.05, 3.63) is 29.3 Å². The highest BCUT2D eigenvalue weighted by Crippen LogP contribution is 2.47. The Labute approximate surface area is 112 Å². The van der Waals surface area contributed by atoms with Crippen LogP contribution in [0.1, 0.15) is 48.0 Å². The van der Waals surface area contributed by atoms with E-state index in [2.05, 4.69) is 5.32 Å². The topological polar surface area (TPSA) is 55.4 Å². The summed E-state index contributed by atoms with van der Waals surface area (Å²) in [5.74, 6) is -0.286. The van der Waals surface area contributed by atoms with Crippen LogP contribution in [0.2, 0.25) is 0 Å². The maximum absolute atomic E-state index is 12.3. The molecule has 1 amide bonds. The first-order valence-corrected chi connectivity index (χ1v) is 6.72. The summed E-state index contributed by atoms with van der Waals surface area (Å²) in [5.41, 5.74) is 1.94. The summed E-state index contributed by atoms with van der Waals surface area (Å²) >= 11 is 0. The summed E-state index contributed by atoms with van der Waals surface area (Å²) in [7, 11) is 1.36. The lowest BCUT2D eigenvalue weighted by Crippen LogP contribution is -2.36. The maximum Gasteiger partial charge on any atom is 0.337 e. The van der Waals surface area contributed by atoms with Crippen LogP contribution in [-0.2, 0) is 14.9 Å². The molecular weight excluding hydrogens is 242 g/mol. The van der Waals surface area contributed by atoms with Crippen LogP contribution in [0.15, 0.2) is 18.2 Å². The van der Waals surface area contributed by atoms with Gasteiger partial charge < -0.3 is 10.1 Å². The Balaban J connectivity index is 2.03. The molecule has 1 aromatic rings. The summed E-state index contributed by atoms with van der Waals surface area (Å²) in [5, 5.41) is 2.93. The molecule has 4 nitrogen and oxygen atoms in total. The smallest absolute Gasteiger partial charge is 0.337 e. The molecule has 0 radical (unpaired) electrons. The second-order valence-electron chi connectivity index (χ2n) is 5.35. The first kappa shape index (κ1) is 12.2. The average Bonchev–Trinajstić information content (AvgIpc) is 2.71. The summed E-state index contributed by atoms with van der Waals surface area (Å²) in [4.78, 5) is 23.9. The van der Waals surface area contributed by atoms with Crippen molar-refractivity contribution < 1.29 is 14.3 Å². The van der Waals surface area contributed by atoms with Crippen LogP contribution < -0.4 is 5.32 Å². The molecule has 1 aliphatic carbocycles. The van der Waals surface area contributed by atoms with Crippen molar-refractivity contribution in [2.24, 2.45) is 0 Å². The Kier molecular flexibility index (Phi) is 2.81. The Hall–Kier alpha value is -1.84. The second kappa shape index (κ2) is 4.37. The molecule has 1 fully saturated rings. The van der Waals surface area contributed by atoms with Crippen molar-refractivity contribution in [3.8, 4) is 0 Å². The molecule has 1 spiro atoms. The third kappa shape index (κ3) is 1.74. The number of ether oxygens (including phenoxy) is 1. The molecule has 0 aromatic heterocycles. The minimum Gasteiger partial charge on any atom is -0.465 e. The van der Waals surface area contributed by atoms with Crippen molar-refractivity contribution >= 4 is 17.6 Å². The highest BCUT2D eigenvalue weighted by atomic mass is 16.5. The maximum atomic E-state index is 12.3. The number of benzene rings is 1. The molecule has 100 valence electrons. The molecule has 1 aromatic carbocycles. The molecule has 19 heavy (non-hydrogen) atoms. The van der Waals surface area contributed by atoms with Gasteiger partial charge in [-0.25, -0.2) is 4.79 Å². The quantitative estimate of drug-likeness (QED) is 0.789. The number of fused-ring (bicyclic) bond motifs is 2. The Morgan fingerprint density at radius 2 is 2.00 bits per heavy atom. The zero-order valence-electron chi connectivity index (χ0n) is 11.0. The molecule has 4 heteroatoms. The predicted molar refractivity (Wildman–Crippen MR) is 71.2 cm³/mol. The van der Waals surface area contributed by atoms with E-state index in [0.29, 0.717) is 5.56 Å². The van der Waals surface area contributed by atoms with Crippen LogP contribution in [-0.4, -0.2) is 19.0 Å². The van der Waals surface area contributed by atoms with E-state index in [9.17, 15) is 9.59 Å². The van der Waals surface area contributed by atoms with Gasteiger partial charge in [0.25, 0.3) is 0 Å². The Bertz CT molecular complexity index is 544. The van der Waals surface area contributed by atoms with Gasteiger partial charge in [-0.15, -0.1) is 0 Å². The normalized spacial score (nSPS) is 19.9. The van der Waals surface area contributed by atoms with E-state index in [4.69, 9.17) is 4.74 Å². The summed E-state index contributed by atoms with van der Waals surface area (Å²) < 4.78 is 4.71. The molecule has 0 unspecified atom stereocenters. The van der Waals surface area contributed by atoms with Crippen molar-refractivity contribution in [2.45, 2.75) is 37.5 Å². The Morgan fingerprint density at radius 3 is 2.68 bits per heavy atom. The van der Waals surface area contributed by atoms with E-state index in [-0.39, 0.29) is 17.3 Å². The van der Waals surface area contributed by atoms with Gasteiger partial charge in [-0.2, -0.15) is 0 Å². The highest BCUT2D eigenvalue weighted by molar-refractivity contribution is 6.07. The second-order valence-corrected chi connectivity index (χ2v) is 5.35. The first-order valence-electron chi connectivity index (χ1n) is 6.72. The fraction of sp³-hybridized carbons (Fsp3) is 0.467. The van der Waals surface area contributed by atoms with E-state index >= 15 is 0 Å². The van der Waals surface area contributed by atoms with Gasteiger partial charge in [-0.3, -0.25) is 4.79 Å². The lowest BCUT2D eigenvalue weighted by molar-refractivity contribution is -0.121. The van der Waals surface area contributed by atoms with Gasteiger partial charge >= 0.3 is 5.97 Å². The van der Waals surface area contributed by atoms with Gasteiger partial charge in [0, 0.05) is 5.69 Å². The van der Waals surface area contributed by atoms with Gasteiger partial charge in [-0.05, 0) is 30.5 Å². The van der Waals surface area contributed by atoms with Crippen molar-refractivity contribution in [1.82, 2.24) is 0 Å². The molecule has 2 aliphatic rings. The summed E-state index contributed by atoms with van der Waals surface area (Å²) in [6.07, 6.45) is 5.19. The van der Waals surface area contributed by atoms with Crippen LogP contribution in [0.5, 0.6) is 0 Å². The van der Waals surface area contributed by atoms with Gasteiger partial charge in [0.15, 0.2) is 0 Å². The highest BCUT2D eigenvalue weighted by Gasteiger charge is 2.47. The standard InChI is InChI=1S/C15H17NO3/c1-19-13(17)10-5-6-11-12(9-10)16-14(18)15(11)7-3-2-4-8-15/h5-6,9H,2-4,7-8H2,1H3,(H,16,18). The molecule has 0 saturated heterocycles. The average molecular weight is 259 g/mol. The number of esters is 1. The molecule has 1 aliphatic heterocycles. The van der Waals surface area contributed by atoms with E-state index in [1.54, 1.807) is 12.1 Å². The zero-order chi connectivity index (χ0) is 13.5. The molecule has 0 atom stereocenters. The predicted octanol–water partition coefficient (Wildman–Crippen LogP) is 2.63. The third-order valence-corrected chi connectivity index (χ3v) is 4.35. The third-order valence-electron chi connectivity index (χ3n) is 4.35. The van der Waals surface area contributed by atoms with Crippen molar-refractivity contribution in [1.29, 1.82) is 0 Å². The number of anilines is 1.